The summed E-state index contributed by atoms with van der Waals surface area (Å²) in [6.45, 7) is 2.97. The van der Waals surface area contributed by atoms with Crippen molar-refractivity contribution in [3.05, 3.63) is 89.5 Å². The van der Waals surface area contributed by atoms with E-state index in [-0.39, 0.29) is 6.04 Å². The molecule has 0 fully saturated rings. The zero-order valence-electron chi connectivity index (χ0n) is 13.0. The van der Waals surface area contributed by atoms with Crippen molar-refractivity contribution in [2.24, 2.45) is 7.05 Å². The highest BCUT2D eigenvalue weighted by Gasteiger charge is 2.17. The van der Waals surface area contributed by atoms with E-state index in [1.165, 1.54) is 16.7 Å². The molecule has 0 aliphatic rings. The maximum absolute atomic E-state index is 4.53. The zero-order chi connectivity index (χ0) is 15.4. The first-order chi connectivity index (χ1) is 10.8. The van der Waals surface area contributed by atoms with Crippen LogP contribution in [0.4, 0.5) is 0 Å². The Morgan fingerprint density at radius 3 is 2.45 bits per heavy atom. The first-order valence-electron chi connectivity index (χ1n) is 7.56. The van der Waals surface area contributed by atoms with Crippen LogP contribution in [0.2, 0.25) is 0 Å². The fourth-order valence-corrected chi connectivity index (χ4v) is 2.68. The van der Waals surface area contributed by atoms with Gasteiger partial charge in [-0.1, -0.05) is 54.6 Å². The number of imidazole rings is 1. The second kappa shape index (κ2) is 6.58. The van der Waals surface area contributed by atoms with Gasteiger partial charge in [0.25, 0.3) is 0 Å². The Morgan fingerprint density at radius 2 is 1.77 bits per heavy atom. The predicted octanol–water partition coefficient (Wildman–Crippen LogP) is 3.61. The lowest BCUT2D eigenvalue weighted by molar-refractivity contribution is 0.557. The predicted molar refractivity (Wildman–Crippen MR) is 89.5 cm³/mol. The van der Waals surface area contributed by atoms with Gasteiger partial charge in [0.15, 0.2) is 0 Å². The van der Waals surface area contributed by atoms with E-state index >= 15 is 0 Å². The highest BCUT2D eigenvalue weighted by molar-refractivity contribution is 5.28. The Morgan fingerprint density at radius 1 is 1.05 bits per heavy atom. The van der Waals surface area contributed by atoms with E-state index in [0.717, 1.165) is 12.4 Å². The fourth-order valence-electron chi connectivity index (χ4n) is 2.68. The van der Waals surface area contributed by atoms with Crippen molar-refractivity contribution in [1.29, 1.82) is 0 Å². The summed E-state index contributed by atoms with van der Waals surface area (Å²) >= 11 is 0. The van der Waals surface area contributed by atoms with Crippen LogP contribution in [0, 0.1) is 6.92 Å². The van der Waals surface area contributed by atoms with Crippen LogP contribution in [0.1, 0.15) is 28.6 Å². The highest BCUT2D eigenvalue weighted by atomic mass is 15.1. The molecule has 2 aromatic carbocycles. The molecule has 1 heterocycles. The monoisotopic (exact) mass is 291 g/mol. The number of rotatable bonds is 5. The number of nitrogens with zero attached hydrogens (tertiary/aromatic N) is 2. The molecule has 0 saturated heterocycles. The van der Waals surface area contributed by atoms with Crippen LogP contribution >= 0.6 is 0 Å². The van der Waals surface area contributed by atoms with Gasteiger partial charge in [0.1, 0.15) is 5.82 Å². The molecule has 0 aliphatic heterocycles. The van der Waals surface area contributed by atoms with E-state index in [9.17, 15) is 0 Å². The van der Waals surface area contributed by atoms with Crippen LogP contribution < -0.4 is 5.32 Å². The van der Waals surface area contributed by atoms with Gasteiger partial charge < -0.3 is 4.57 Å². The Labute approximate surface area is 131 Å². The van der Waals surface area contributed by atoms with Crippen LogP contribution in [-0.4, -0.2) is 9.55 Å². The molecule has 1 N–H and O–H groups in total. The first kappa shape index (κ1) is 14.5. The molecular formula is C19H21N3. The second-order valence-corrected chi connectivity index (χ2v) is 5.55. The van der Waals surface area contributed by atoms with Crippen molar-refractivity contribution < 1.29 is 0 Å². The van der Waals surface area contributed by atoms with Gasteiger partial charge >= 0.3 is 0 Å². The Kier molecular flexibility index (Phi) is 4.35. The van der Waals surface area contributed by atoms with Gasteiger partial charge in [-0.05, 0) is 23.6 Å². The number of nitrogens with one attached hydrogen (secondary N) is 1. The maximum Gasteiger partial charge on any atom is 0.130 e. The second-order valence-electron chi connectivity index (χ2n) is 5.55. The van der Waals surface area contributed by atoms with E-state index in [2.05, 4.69) is 70.3 Å². The van der Waals surface area contributed by atoms with Gasteiger partial charge in [-0.15, -0.1) is 0 Å². The topological polar surface area (TPSA) is 29.9 Å². The summed E-state index contributed by atoms with van der Waals surface area (Å²) in [5, 5.41) is 3.65. The van der Waals surface area contributed by atoms with Gasteiger partial charge in [-0.25, -0.2) is 4.98 Å². The summed E-state index contributed by atoms with van der Waals surface area (Å²) < 4.78 is 2.07. The number of aryl methyl sites for hydroxylation is 2. The van der Waals surface area contributed by atoms with E-state index in [1.807, 2.05) is 25.5 Å². The minimum Gasteiger partial charge on any atom is -0.336 e. The lowest BCUT2D eigenvalue weighted by Gasteiger charge is -2.20. The van der Waals surface area contributed by atoms with Crippen LogP contribution in [0.5, 0.6) is 0 Å². The van der Waals surface area contributed by atoms with Crippen molar-refractivity contribution >= 4 is 0 Å². The minimum absolute atomic E-state index is 0.0841. The van der Waals surface area contributed by atoms with Crippen LogP contribution in [0.15, 0.2) is 67.0 Å². The summed E-state index contributed by atoms with van der Waals surface area (Å²) in [6.07, 6.45) is 3.83. The lowest BCUT2D eigenvalue weighted by atomic mass is 10.0. The quantitative estimate of drug-likeness (QED) is 0.778. The average molecular weight is 291 g/mol. The molecule has 0 saturated carbocycles. The molecule has 22 heavy (non-hydrogen) atoms. The third kappa shape index (κ3) is 3.10. The Bertz CT molecular complexity index is 731. The third-order valence-corrected chi connectivity index (χ3v) is 4.01. The van der Waals surface area contributed by atoms with Crippen LogP contribution in [0.25, 0.3) is 0 Å². The fraction of sp³-hybridized carbons (Fsp3) is 0.211. The molecule has 0 aliphatic carbocycles. The Balaban J connectivity index is 1.87. The molecule has 3 rings (SSSR count). The van der Waals surface area contributed by atoms with Crippen LogP contribution in [-0.2, 0) is 13.6 Å². The normalized spacial score (nSPS) is 12.3. The van der Waals surface area contributed by atoms with Gasteiger partial charge in [0, 0.05) is 26.0 Å². The number of benzene rings is 2. The van der Waals surface area contributed by atoms with E-state index in [4.69, 9.17) is 0 Å². The molecule has 1 aromatic heterocycles. The highest BCUT2D eigenvalue weighted by Crippen LogP contribution is 2.21. The number of hydrogen-bond donors (Lipinski definition) is 1. The van der Waals surface area contributed by atoms with Crippen molar-refractivity contribution in [2.45, 2.75) is 19.5 Å². The molecule has 0 spiro atoms. The largest absolute Gasteiger partial charge is 0.336 e. The van der Waals surface area contributed by atoms with E-state index in [1.54, 1.807) is 0 Å². The smallest absolute Gasteiger partial charge is 0.130 e. The van der Waals surface area contributed by atoms with Gasteiger partial charge in [0.05, 0.1) is 6.04 Å². The number of hydrogen-bond acceptors (Lipinski definition) is 2. The first-order valence-corrected chi connectivity index (χ1v) is 7.56. The van der Waals surface area contributed by atoms with Gasteiger partial charge in [-0.3, -0.25) is 5.32 Å². The summed E-state index contributed by atoms with van der Waals surface area (Å²) in [4.78, 5) is 4.53. The van der Waals surface area contributed by atoms with Crippen LogP contribution in [0.3, 0.4) is 0 Å². The molecule has 112 valence electrons. The summed E-state index contributed by atoms with van der Waals surface area (Å²) in [7, 11) is 2.04. The van der Waals surface area contributed by atoms with E-state index in [0.29, 0.717) is 0 Å². The van der Waals surface area contributed by atoms with Crippen molar-refractivity contribution in [2.75, 3.05) is 0 Å². The lowest BCUT2D eigenvalue weighted by Crippen LogP contribution is -2.25. The zero-order valence-corrected chi connectivity index (χ0v) is 13.0. The Hall–Kier alpha value is -2.39. The standard InChI is InChI=1S/C19H21N3/c1-15-8-6-7-11-17(15)14-21-18(16-9-4-3-5-10-16)19-20-12-13-22(19)2/h3-13,18,21H,14H2,1-2H3. The number of aromatic nitrogens is 2. The molecule has 3 heteroatoms. The minimum atomic E-state index is 0.0841. The molecule has 0 bridgehead atoms. The summed E-state index contributed by atoms with van der Waals surface area (Å²) in [6, 6.07) is 19.0. The molecule has 1 unspecified atom stereocenters. The molecular weight excluding hydrogens is 270 g/mol. The summed E-state index contributed by atoms with van der Waals surface area (Å²) in [5.41, 5.74) is 3.85. The molecule has 3 nitrogen and oxygen atoms in total. The SMILES string of the molecule is Cc1ccccc1CNC(c1ccccc1)c1nccn1C. The molecule has 0 amide bonds. The molecule has 3 aromatic rings. The maximum atomic E-state index is 4.53. The average Bonchev–Trinajstić information content (AvgIpc) is 2.96. The van der Waals surface area contributed by atoms with Crippen molar-refractivity contribution in [1.82, 2.24) is 14.9 Å². The van der Waals surface area contributed by atoms with Gasteiger partial charge in [0.2, 0.25) is 0 Å². The third-order valence-electron chi connectivity index (χ3n) is 4.01. The van der Waals surface area contributed by atoms with Crippen molar-refractivity contribution in [3.63, 3.8) is 0 Å². The van der Waals surface area contributed by atoms with Gasteiger partial charge in [-0.2, -0.15) is 0 Å². The molecule has 1 atom stereocenters. The van der Waals surface area contributed by atoms with E-state index < -0.39 is 0 Å². The summed E-state index contributed by atoms with van der Waals surface area (Å²) in [5.74, 6) is 1.03. The molecule has 0 radical (unpaired) electrons. The van der Waals surface area contributed by atoms with Crippen molar-refractivity contribution in [3.8, 4) is 0 Å².